The second-order valence-electron chi connectivity index (χ2n) is 6.21. The fraction of sp³-hybridized carbons (Fsp3) is 0.529. The van der Waals surface area contributed by atoms with Crippen molar-refractivity contribution >= 4 is 11.8 Å². The molecule has 1 aromatic rings. The highest BCUT2D eigenvalue weighted by molar-refractivity contribution is 8.03. The monoisotopic (exact) mass is 354 g/mol. The van der Waals surface area contributed by atoms with Gasteiger partial charge in [0.1, 0.15) is 36.3 Å². The number of ether oxygens (including phenoxy) is 1. The van der Waals surface area contributed by atoms with Gasteiger partial charge in [-0.15, -0.1) is 11.8 Å². The molecule has 6 atom stereocenters. The number of allylic oxidation sites excluding steroid dienone is 1. The highest BCUT2D eigenvalue weighted by atomic mass is 32.2. The lowest BCUT2D eigenvalue weighted by molar-refractivity contribution is -0.232. The lowest BCUT2D eigenvalue weighted by atomic mass is 9.89. The first-order valence-electron chi connectivity index (χ1n) is 7.94. The number of phenols is 1. The molecule has 0 aliphatic carbocycles. The molecule has 0 radical (unpaired) electrons. The second-order valence-corrected chi connectivity index (χ2v) is 7.42. The van der Waals surface area contributed by atoms with Crippen molar-refractivity contribution in [3.05, 3.63) is 40.8 Å². The zero-order valence-electron chi connectivity index (χ0n) is 13.0. The van der Waals surface area contributed by atoms with E-state index in [1.807, 2.05) is 6.07 Å². The molecule has 2 heterocycles. The van der Waals surface area contributed by atoms with Gasteiger partial charge in [0.05, 0.1) is 6.61 Å². The molecular formula is C17H22O6S. The summed E-state index contributed by atoms with van der Waals surface area (Å²) in [6.07, 6.45) is -2.36. The number of aliphatic hydroxyl groups excluding tert-OH is 4. The Bertz CT molecular complexity index is 597. The van der Waals surface area contributed by atoms with Crippen LogP contribution in [0, 0.1) is 0 Å². The van der Waals surface area contributed by atoms with Crippen LogP contribution in [0.1, 0.15) is 23.7 Å². The van der Waals surface area contributed by atoms with E-state index in [2.05, 4.69) is 11.5 Å². The predicted molar refractivity (Wildman–Crippen MR) is 89.7 cm³/mol. The Morgan fingerprint density at radius 1 is 1.12 bits per heavy atom. The summed E-state index contributed by atoms with van der Waals surface area (Å²) < 4.78 is 5.53. The van der Waals surface area contributed by atoms with Gasteiger partial charge in [0, 0.05) is 10.8 Å². The van der Waals surface area contributed by atoms with E-state index in [0.29, 0.717) is 10.8 Å². The number of hydrogen-bond donors (Lipinski definition) is 5. The quantitative estimate of drug-likeness (QED) is 0.534. The highest BCUT2D eigenvalue weighted by Crippen LogP contribution is 2.37. The third-order valence-corrected chi connectivity index (χ3v) is 5.61. The standard InChI is InChI=1S/C17H22O6S/c18-8-13-14(20)15(21)16(22)17(23-13)11-7-9(3-4-12(11)19)6-10-2-1-5-24-10/h1,3-5,7,10,13-22H,2,6,8H2/t10?,13-,14-,15?,16-,17?/m1/s1. The van der Waals surface area contributed by atoms with Crippen LogP contribution in [0.15, 0.2) is 29.7 Å². The number of aliphatic hydroxyl groups is 4. The average molecular weight is 354 g/mol. The molecule has 7 heteroatoms. The van der Waals surface area contributed by atoms with Gasteiger partial charge in [0.25, 0.3) is 0 Å². The Balaban J connectivity index is 1.83. The minimum Gasteiger partial charge on any atom is -0.508 e. The summed E-state index contributed by atoms with van der Waals surface area (Å²) in [5, 5.41) is 52.0. The van der Waals surface area contributed by atoms with Crippen LogP contribution in [0.3, 0.4) is 0 Å². The molecule has 3 unspecified atom stereocenters. The lowest BCUT2D eigenvalue weighted by Crippen LogP contribution is -2.55. The molecule has 3 rings (SSSR count). The van der Waals surface area contributed by atoms with Crippen molar-refractivity contribution in [1.29, 1.82) is 0 Å². The molecule has 1 aromatic carbocycles. The van der Waals surface area contributed by atoms with Crippen LogP contribution >= 0.6 is 11.8 Å². The van der Waals surface area contributed by atoms with Crippen LogP contribution in [0.4, 0.5) is 0 Å². The van der Waals surface area contributed by atoms with Gasteiger partial charge in [-0.25, -0.2) is 0 Å². The average Bonchev–Trinajstić information content (AvgIpc) is 3.08. The number of aromatic hydroxyl groups is 1. The molecule has 0 amide bonds. The molecule has 1 saturated heterocycles. The van der Waals surface area contributed by atoms with Gasteiger partial charge in [-0.1, -0.05) is 12.1 Å². The summed E-state index contributed by atoms with van der Waals surface area (Å²) in [5.74, 6) is -0.0553. The van der Waals surface area contributed by atoms with E-state index < -0.39 is 37.1 Å². The van der Waals surface area contributed by atoms with E-state index in [-0.39, 0.29) is 5.75 Å². The molecule has 1 fully saturated rings. The van der Waals surface area contributed by atoms with E-state index in [4.69, 9.17) is 4.74 Å². The minimum absolute atomic E-state index is 0.0553. The molecule has 5 N–H and O–H groups in total. The summed E-state index contributed by atoms with van der Waals surface area (Å²) in [6.45, 7) is -0.494. The van der Waals surface area contributed by atoms with E-state index in [0.717, 1.165) is 18.4 Å². The van der Waals surface area contributed by atoms with Gasteiger partial charge in [0.2, 0.25) is 0 Å². The highest BCUT2D eigenvalue weighted by Gasteiger charge is 2.44. The van der Waals surface area contributed by atoms with Crippen LogP contribution in [0.25, 0.3) is 0 Å². The maximum atomic E-state index is 10.2. The van der Waals surface area contributed by atoms with Crippen molar-refractivity contribution in [2.75, 3.05) is 6.61 Å². The number of thioether (sulfide) groups is 1. The zero-order valence-corrected chi connectivity index (χ0v) is 13.8. The molecular weight excluding hydrogens is 332 g/mol. The summed E-state index contributed by atoms with van der Waals surface area (Å²) in [6, 6.07) is 5.11. The smallest absolute Gasteiger partial charge is 0.121 e. The second kappa shape index (κ2) is 7.43. The van der Waals surface area contributed by atoms with Gasteiger partial charge in [-0.3, -0.25) is 0 Å². The maximum Gasteiger partial charge on any atom is 0.121 e. The SMILES string of the molecule is OC[C@H]1OC(c2cc(CC3CC=CS3)ccc2O)[C@H](O)C(O)[C@@H]1O. The molecule has 0 aromatic heterocycles. The first kappa shape index (κ1) is 17.7. The Labute approximate surface area is 144 Å². The van der Waals surface area contributed by atoms with Crippen LogP contribution in [-0.4, -0.2) is 61.8 Å². The molecule has 0 bridgehead atoms. The lowest BCUT2D eigenvalue weighted by Gasteiger charge is -2.40. The zero-order chi connectivity index (χ0) is 17.3. The summed E-state index contributed by atoms with van der Waals surface area (Å²) in [5.41, 5.74) is 1.33. The van der Waals surface area contributed by atoms with Gasteiger partial charge in [0.15, 0.2) is 0 Å². The van der Waals surface area contributed by atoms with Crippen molar-refractivity contribution in [3.63, 3.8) is 0 Å². The molecule has 132 valence electrons. The third kappa shape index (κ3) is 3.46. The molecule has 2 aliphatic heterocycles. The van der Waals surface area contributed by atoms with Gasteiger partial charge >= 0.3 is 0 Å². The Hall–Kier alpha value is -1.09. The molecule has 6 nitrogen and oxygen atoms in total. The number of phenolic OH excluding ortho intramolecular Hbond substituents is 1. The minimum atomic E-state index is -1.46. The van der Waals surface area contributed by atoms with Crippen LogP contribution in [0.2, 0.25) is 0 Å². The largest absolute Gasteiger partial charge is 0.508 e. The van der Waals surface area contributed by atoms with E-state index in [9.17, 15) is 25.5 Å². The van der Waals surface area contributed by atoms with E-state index in [1.165, 1.54) is 0 Å². The van der Waals surface area contributed by atoms with Gasteiger partial charge in [-0.2, -0.15) is 0 Å². The van der Waals surface area contributed by atoms with Gasteiger partial charge < -0.3 is 30.3 Å². The Morgan fingerprint density at radius 2 is 1.92 bits per heavy atom. The van der Waals surface area contributed by atoms with Crippen molar-refractivity contribution in [3.8, 4) is 5.75 Å². The van der Waals surface area contributed by atoms with E-state index in [1.54, 1.807) is 23.9 Å². The first-order chi connectivity index (χ1) is 11.5. The normalized spacial score (nSPS) is 36.2. The summed E-state index contributed by atoms with van der Waals surface area (Å²) >= 11 is 1.76. The van der Waals surface area contributed by atoms with Crippen molar-refractivity contribution < 1.29 is 30.3 Å². The van der Waals surface area contributed by atoms with Crippen molar-refractivity contribution in [2.24, 2.45) is 0 Å². The molecule has 0 saturated carbocycles. The predicted octanol–water partition coefficient (Wildman–Crippen LogP) is 0.469. The molecule has 24 heavy (non-hydrogen) atoms. The fourth-order valence-corrected chi connectivity index (χ4v) is 4.10. The van der Waals surface area contributed by atoms with E-state index >= 15 is 0 Å². The number of benzene rings is 1. The Morgan fingerprint density at radius 3 is 2.58 bits per heavy atom. The topological polar surface area (TPSA) is 110 Å². The van der Waals surface area contributed by atoms with Crippen molar-refractivity contribution in [1.82, 2.24) is 0 Å². The molecule has 2 aliphatic rings. The van der Waals surface area contributed by atoms with Crippen molar-refractivity contribution in [2.45, 2.75) is 48.6 Å². The van der Waals surface area contributed by atoms with Crippen LogP contribution in [-0.2, 0) is 11.2 Å². The van der Waals surface area contributed by atoms with Crippen LogP contribution in [0.5, 0.6) is 5.75 Å². The third-order valence-electron chi connectivity index (χ3n) is 4.52. The summed E-state index contributed by atoms with van der Waals surface area (Å²) in [7, 11) is 0. The fourth-order valence-electron chi connectivity index (χ4n) is 3.14. The number of hydrogen-bond acceptors (Lipinski definition) is 7. The number of rotatable bonds is 4. The van der Waals surface area contributed by atoms with Gasteiger partial charge in [-0.05, 0) is 35.9 Å². The summed E-state index contributed by atoms with van der Waals surface area (Å²) in [4.78, 5) is 0. The Kier molecular flexibility index (Phi) is 5.49. The molecule has 0 spiro atoms. The van der Waals surface area contributed by atoms with Crippen LogP contribution < -0.4 is 0 Å². The first-order valence-corrected chi connectivity index (χ1v) is 8.88. The maximum absolute atomic E-state index is 10.2.